The van der Waals surface area contributed by atoms with Gasteiger partial charge in [0.15, 0.2) is 0 Å². The fraction of sp³-hybridized carbons (Fsp3) is 0.984. The summed E-state index contributed by atoms with van der Waals surface area (Å²) >= 11 is 0. The molecule has 0 aliphatic carbocycles. The molecule has 12 heteroatoms. The smallest absolute Gasteiger partial charge is 0.305 e. The van der Waals surface area contributed by atoms with E-state index in [0.717, 1.165) is 129 Å². The highest BCUT2D eigenvalue weighted by atomic mass is 33.1. The Kier molecular flexibility index (Phi) is 53.2. The molecule has 1 heterocycles. The second kappa shape index (κ2) is 54.8. The van der Waals surface area contributed by atoms with E-state index in [0.29, 0.717) is 39.2 Å². The minimum absolute atomic E-state index is 0.111. The van der Waals surface area contributed by atoms with Crippen molar-refractivity contribution in [3.63, 3.8) is 0 Å². The second-order valence-corrected chi connectivity index (χ2v) is 25.5. The van der Waals surface area contributed by atoms with Crippen LogP contribution in [0.2, 0.25) is 0 Å². The molecule has 0 bridgehead atoms. The monoisotopic (exact) mass is 1090 g/mol. The Balaban J connectivity index is 2.28. The summed E-state index contributed by atoms with van der Waals surface area (Å²) in [7, 11) is 3.99. The number of esters is 1. The number of carbonyl (C=O) groups is 1. The van der Waals surface area contributed by atoms with Gasteiger partial charge in [0.2, 0.25) is 0 Å². The Labute approximate surface area is 467 Å². The van der Waals surface area contributed by atoms with E-state index in [1.807, 2.05) is 21.6 Å². The highest BCUT2D eigenvalue weighted by Crippen LogP contribution is 2.24. The van der Waals surface area contributed by atoms with Gasteiger partial charge in [-0.1, -0.05) is 229 Å². The van der Waals surface area contributed by atoms with E-state index in [-0.39, 0.29) is 30.4 Å². The lowest BCUT2D eigenvalue weighted by molar-refractivity contribution is -0.144. The molecule has 4 atom stereocenters. The van der Waals surface area contributed by atoms with Gasteiger partial charge in [0.1, 0.15) is 6.61 Å². The zero-order chi connectivity index (χ0) is 53.8. The molecular formula is C62H126N4O6S2. The minimum Gasteiger partial charge on any atom is -0.464 e. The SMILES string of the molecule is CCCCCCCCCCC(O)CN(CCCCC(=O)OCCN1CCN(CCCCSSCCCN(CC(O)CCCCCCCC)CC(O)CCCCCCCC)CC1)CC(O)CCCCCCCCCC. The number of aliphatic hydroxyl groups is 4. The van der Waals surface area contributed by atoms with E-state index in [2.05, 4.69) is 47.3 Å². The number of rotatable bonds is 58. The van der Waals surface area contributed by atoms with Gasteiger partial charge in [-0.25, -0.2) is 0 Å². The zero-order valence-electron chi connectivity index (χ0n) is 49.5. The van der Waals surface area contributed by atoms with Crippen LogP contribution in [0.3, 0.4) is 0 Å². The van der Waals surface area contributed by atoms with E-state index in [4.69, 9.17) is 4.74 Å². The number of hydrogen-bond acceptors (Lipinski definition) is 12. The van der Waals surface area contributed by atoms with Gasteiger partial charge in [-0.15, -0.1) is 0 Å². The molecule has 1 saturated heterocycles. The van der Waals surface area contributed by atoms with Crippen molar-refractivity contribution in [1.82, 2.24) is 19.6 Å². The Morgan fingerprint density at radius 2 is 0.730 bits per heavy atom. The maximum Gasteiger partial charge on any atom is 0.305 e. The molecule has 0 aromatic heterocycles. The van der Waals surface area contributed by atoms with Crippen LogP contribution in [0.4, 0.5) is 0 Å². The minimum atomic E-state index is -0.372. The molecule has 0 aromatic carbocycles. The van der Waals surface area contributed by atoms with Gasteiger partial charge in [-0.3, -0.25) is 19.5 Å². The van der Waals surface area contributed by atoms with Gasteiger partial charge in [0.25, 0.3) is 0 Å². The zero-order valence-corrected chi connectivity index (χ0v) is 51.1. The van der Waals surface area contributed by atoms with Gasteiger partial charge < -0.3 is 30.1 Å². The van der Waals surface area contributed by atoms with Crippen molar-refractivity contribution in [2.45, 2.75) is 296 Å². The van der Waals surface area contributed by atoms with Crippen molar-refractivity contribution in [3.05, 3.63) is 0 Å². The third-order valence-electron chi connectivity index (χ3n) is 15.4. The summed E-state index contributed by atoms with van der Waals surface area (Å²) in [4.78, 5) is 22.3. The molecular weight excluding hydrogens is 961 g/mol. The average molecular weight is 1090 g/mol. The molecule has 4 N–H and O–H groups in total. The number of carbonyl (C=O) groups excluding carboxylic acids is 1. The van der Waals surface area contributed by atoms with E-state index in [1.54, 1.807) is 0 Å². The fourth-order valence-electron chi connectivity index (χ4n) is 10.6. The van der Waals surface area contributed by atoms with Crippen molar-refractivity contribution in [3.8, 4) is 0 Å². The molecule has 1 fully saturated rings. The van der Waals surface area contributed by atoms with Gasteiger partial charge in [-0.2, -0.15) is 0 Å². The summed E-state index contributed by atoms with van der Waals surface area (Å²) in [6, 6.07) is 0. The molecule has 0 aromatic rings. The van der Waals surface area contributed by atoms with Crippen molar-refractivity contribution in [2.24, 2.45) is 0 Å². The van der Waals surface area contributed by atoms with Crippen LogP contribution in [0.25, 0.3) is 0 Å². The molecule has 1 rings (SSSR count). The van der Waals surface area contributed by atoms with Gasteiger partial charge in [0, 0.05) is 76.8 Å². The van der Waals surface area contributed by atoms with E-state index in [9.17, 15) is 25.2 Å². The molecule has 74 heavy (non-hydrogen) atoms. The molecule has 1 aliphatic heterocycles. The van der Waals surface area contributed by atoms with Crippen LogP contribution in [-0.4, -0.2) is 167 Å². The third-order valence-corrected chi connectivity index (χ3v) is 18.0. The van der Waals surface area contributed by atoms with Crippen molar-refractivity contribution < 1.29 is 30.0 Å². The summed E-state index contributed by atoms with van der Waals surface area (Å²) in [5, 5.41) is 43.8. The van der Waals surface area contributed by atoms with Crippen LogP contribution >= 0.6 is 21.6 Å². The van der Waals surface area contributed by atoms with Crippen LogP contribution < -0.4 is 0 Å². The first-order valence-corrected chi connectivity index (χ1v) is 34.7. The highest BCUT2D eigenvalue weighted by molar-refractivity contribution is 8.76. The number of hydrogen-bond donors (Lipinski definition) is 4. The standard InChI is InChI=1S/C62H126N4O6S2/c1-5-9-13-17-21-23-27-31-40-58(67)54-65(55-59(68)41-32-28-24-22-18-14-10-6-2)44-34-33-42-62(71)72-51-50-64-48-46-63(47-49-64)43-35-36-52-73-74-53-37-45-66(56-60(69)38-29-25-19-15-11-7-3)57-61(70)39-30-26-20-16-12-8-4/h58-61,67-70H,5-57H2,1-4H3. The van der Waals surface area contributed by atoms with E-state index in [1.165, 1.54) is 173 Å². The number of ether oxygens (including phenoxy) is 1. The number of nitrogens with zero attached hydrogens (tertiary/aromatic N) is 4. The lowest BCUT2D eigenvalue weighted by atomic mass is 10.0. The number of piperazine rings is 1. The van der Waals surface area contributed by atoms with E-state index < -0.39 is 0 Å². The molecule has 4 unspecified atom stereocenters. The average Bonchev–Trinajstić information content (AvgIpc) is 3.38. The Bertz CT molecular complexity index is 1110. The summed E-state index contributed by atoms with van der Waals surface area (Å²) in [5.41, 5.74) is 0. The lowest BCUT2D eigenvalue weighted by Crippen LogP contribution is -2.47. The summed E-state index contributed by atoms with van der Waals surface area (Å²) in [6.07, 6.45) is 42.8. The Morgan fingerprint density at radius 3 is 1.11 bits per heavy atom. The van der Waals surface area contributed by atoms with Gasteiger partial charge in [0.05, 0.1) is 24.4 Å². The predicted octanol–water partition coefficient (Wildman–Crippen LogP) is 14.5. The molecule has 0 saturated carbocycles. The topological polar surface area (TPSA) is 120 Å². The van der Waals surface area contributed by atoms with Crippen molar-refractivity contribution >= 4 is 27.6 Å². The summed E-state index contributed by atoms with van der Waals surface area (Å²) in [5.74, 6) is 2.17. The first-order chi connectivity index (χ1) is 36.2. The van der Waals surface area contributed by atoms with Crippen LogP contribution in [0.1, 0.15) is 272 Å². The number of unbranched alkanes of at least 4 members (excludes halogenated alkanes) is 26. The maximum atomic E-state index is 12.7. The van der Waals surface area contributed by atoms with Crippen LogP contribution in [0.15, 0.2) is 0 Å². The molecule has 0 amide bonds. The third kappa shape index (κ3) is 47.8. The summed E-state index contributed by atoms with van der Waals surface area (Å²) in [6.45, 7) is 19.9. The lowest BCUT2D eigenvalue weighted by Gasteiger charge is -2.34. The maximum absolute atomic E-state index is 12.7. The van der Waals surface area contributed by atoms with Crippen molar-refractivity contribution in [1.29, 1.82) is 0 Å². The predicted molar refractivity (Wildman–Crippen MR) is 324 cm³/mol. The molecule has 442 valence electrons. The Hall–Kier alpha value is -0.150. The quantitative estimate of drug-likeness (QED) is 0.0264. The van der Waals surface area contributed by atoms with Crippen LogP contribution in [0, 0.1) is 0 Å². The van der Waals surface area contributed by atoms with Gasteiger partial charge >= 0.3 is 5.97 Å². The Morgan fingerprint density at radius 1 is 0.405 bits per heavy atom. The molecule has 1 aliphatic rings. The van der Waals surface area contributed by atoms with Crippen LogP contribution in [-0.2, 0) is 9.53 Å². The molecule has 10 nitrogen and oxygen atoms in total. The normalized spacial score (nSPS) is 15.4. The van der Waals surface area contributed by atoms with Crippen LogP contribution in [0.5, 0.6) is 0 Å². The number of aliphatic hydroxyl groups excluding tert-OH is 4. The molecule has 0 radical (unpaired) electrons. The fourth-order valence-corrected chi connectivity index (χ4v) is 12.8. The second-order valence-electron chi connectivity index (χ2n) is 22.8. The highest BCUT2D eigenvalue weighted by Gasteiger charge is 2.19. The molecule has 0 spiro atoms. The van der Waals surface area contributed by atoms with E-state index >= 15 is 0 Å². The largest absolute Gasteiger partial charge is 0.464 e. The first-order valence-electron chi connectivity index (χ1n) is 32.2. The first kappa shape index (κ1) is 71.9. The van der Waals surface area contributed by atoms with Gasteiger partial charge in [-0.05, 0) is 77.4 Å². The van der Waals surface area contributed by atoms with Crippen molar-refractivity contribution in [2.75, 3.05) is 96.6 Å². The summed E-state index contributed by atoms with van der Waals surface area (Å²) < 4.78 is 5.70.